The SMILES string of the molecule is Cc1cc(C)nc(C2=C[C@H]3CN(C(=O)c4c(F)cccc4-n4nccn4)C[C@H]3C2)n1. The maximum atomic E-state index is 14.7. The first-order valence-corrected chi connectivity index (χ1v) is 9.97. The highest BCUT2D eigenvalue weighted by Gasteiger charge is 2.40. The van der Waals surface area contributed by atoms with Gasteiger partial charge in [-0.3, -0.25) is 4.79 Å². The van der Waals surface area contributed by atoms with Gasteiger partial charge in [0.05, 0.1) is 12.4 Å². The van der Waals surface area contributed by atoms with Crippen molar-refractivity contribution in [2.45, 2.75) is 20.3 Å². The van der Waals surface area contributed by atoms with Crippen molar-refractivity contribution >= 4 is 11.5 Å². The molecule has 0 radical (unpaired) electrons. The number of fused-ring (bicyclic) bond motifs is 1. The zero-order valence-corrected chi connectivity index (χ0v) is 16.8. The van der Waals surface area contributed by atoms with E-state index in [1.807, 2.05) is 19.9 Å². The van der Waals surface area contributed by atoms with Gasteiger partial charge in [0, 0.05) is 24.5 Å². The number of allylic oxidation sites excluding steroid dienone is 1. The summed E-state index contributed by atoms with van der Waals surface area (Å²) in [6.07, 6.45) is 6.01. The van der Waals surface area contributed by atoms with Crippen LogP contribution in [0.3, 0.4) is 0 Å². The topological polar surface area (TPSA) is 76.8 Å². The summed E-state index contributed by atoms with van der Waals surface area (Å²) < 4.78 is 14.7. The molecule has 0 saturated carbocycles. The lowest BCUT2D eigenvalue weighted by atomic mass is 10.00. The molecule has 0 bridgehead atoms. The summed E-state index contributed by atoms with van der Waals surface area (Å²) >= 11 is 0. The number of nitrogens with zero attached hydrogens (tertiary/aromatic N) is 6. The van der Waals surface area contributed by atoms with Gasteiger partial charge in [0.2, 0.25) is 0 Å². The minimum atomic E-state index is -0.563. The van der Waals surface area contributed by atoms with Gasteiger partial charge in [-0.05, 0) is 55.9 Å². The first-order valence-electron chi connectivity index (χ1n) is 9.97. The number of benzene rings is 1. The molecule has 0 spiro atoms. The van der Waals surface area contributed by atoms with E-state index in [0.717, 1.165) is 29.2 Å². The van der Waals surface area contributed by atoms with E-state index in [-0.39, 0.29) is 17.4 Å². The molecule has 2 atom stereocenters. The summed E-state index contributed by atoms with van der Waals surface area (Å²) in [7, 11) is 0. The van der Waals surface area contributed by atoms with Crippen LogP contribution in [-0.2, 0) is 0 Å². The predicted molar refractivity (Wildman–Crippen MR) is 108 cm³/mol. The standard InChI is InChI=1S/C22H21FN6O/c1-13-8-14(2)27-21(26-13)15-9-16-11-28(12-17(16)10-15)22(30)20-18(23)4-3-5-19(20)29-24-6-7-25-29/h3-9,16-17H,10-12H2,1-2H3/t16-,17+/m0/s1. The van der Waals surface area contributed by atoms with Gasteiger partial charge >= 0.3 is 0 Å². The third-order valence-corrected chi connectivity index (χ3v) is 5.79. The fourth-order valence-electron chi connectivity index (χ4n) is 4.50. The normalized spacial score (nSPS) is 20.4. The van der Waals surface area contributed by atoms with Crippen LogP contribution in [0.1, 0.15) is 34.0 Å². The lowest BCUT2D eigenvalue weighted by Crippen LogP contribution is -2.31. The van der Waals surface area contributed by atoms with Crippen LogP contribution in [0.25, 0.3) is 11.3 Å². The van der Waals surface area contributed by atoms with E-state index in [9.17, 15) is 9.18 Å². The maximum absolute atomic E-state index is 14.7. The van der Waals surface area contributed by atoms with Crippen LogP contribution in [-0.4, -0.2) is 48.9 Å². The van der Waals surface area contributed by atoms with Crippen molar-refractivity contribution in [2.24, 2.45) is 11.8 Å². The Balaban J connectivity index is 1.39. The van der Waals surface area contributed by atoms with Crippen LogP contribution >= 0.6 is 0 Å². The Kier molecular flexibility index (Phi) is 4.42. The van der Waals surface area contributed by atoms with Crippen molar-refractivity contribution in [1.82, 2.24) is 29.9 Å². The molecule has 30 heavy (non-hydrogen) atoms. The molecular formula is C22H21FN6O. The van der Waals surface area contributed by atoms with E-state index in [0.29, 0.717) is 24.7 Å². The molecule has 1 aromatic carbocycles. The van der Waals surface area contributed by atoms with Crippen LogP contribution in [0.5, 0.6) is 0 Å². The van der Waals surface area contributed by atoms with E-state index in [4.69, 9.17) is 0 Å². The van der Waals surface area contributed by atoms with Crippen molar-refractivity contribution in [3.63, 3.8) is 0 Å². The van der Waals surface area contributed by atoms with Gasteiger partial charge < -0.3 is 4.90 Å². The van der Waals surface area contributed by atoms with Crippen molar-refractivity contribution < 1.29 is 9.18 Å². The molecule has 7 nitrogen and oxygen atoms in total. The minimum Gasteiger partial charge on any atom is -0.338 e. The molecule has 2 aromatic heterocycles. The van der Waals surface area contributed by atoms with E-state index < -0.39 is 5.82 Å². The summed E-state index contributed by atoms with van der Waals surface area (Å²) in [6.45, 7) is 5.07. The summed E-state index contributed by atoms with van der Waals surface area (Å²) in [5.74, 6) is 0.415. The Morgan fingerprint density at radius 3 is 2.53 bits per heavy atom. The monoisotopic (exact) mass is 404 g/mol. The van der Waals surface area contributed by atoms with E-state index in [2.05, 4.69) is 26.2 Å². The van der Waals surface area contributed by atoms with E-state index in [1.54, 1.807) is 17.0 Å². The van der Waals surface area contributed by atoms with Crippen LogP contribution in [0.15, 0.2) is 42.7 Å². The van der Waals surface area contributed by atoms with Gasteiger partial charge in [-0.25, -0.2) is 14.4 Å². The van der Waals surface area contributed by atoms with Gasteiger partial charge in [-0.1, -0.05) is 12.1 Å². The fourth-order valence-corrected chi connectivity index (χ4v) is 4.50. The Morgan fingerprint density at radius 1 is 1.10 bits per heavy atom. The molecule has 1 aliphatic carbocycles. The number of aromatic nitrogens is 5. The fraction of sp³-hybridized carbons (Fsp3) is 0.318. The van der Waals surface area contributed by atoms with Gasteiger partial charge in [0.15, 0.2) is 5.82 Å². The van der Waals surface area contributed by atoms with Crippen molar-refractivity contribution in [2.75, 3.05) is 13.1 Å². The molecule has 0 unspecified atom stereocenters. The Labute approximate surface area is 173 Å². The summed E-state index contributed by atoms with van der Waals surface area (Å²) in [5.41, 5.74) is 3.40. The molecule has 1 fully saturated rings. The Morgan fingerprint density at radius 2 is 1.83 bits per heavy atom. The lowest BCUT2D eigenvalue weighted by Gasteiger charge is -2.19. The summed E-state index contributed by atoms with van der Waals surface area (Å²) in [6, 6.07) is 6.47. The molecule has 1 amide bonds. The highest BCUT2D eigenvalue weighted by atomic mass is 19.1. The van der Waals surface area contributed by atoms with Crippen molar-refractivity contribution in [1.29, 1.82) is 0 Å². The minimum absolute atomic E-state index is 0.00974. The van der Waals surface area contributed by atoms with Crippen LogP contribution in [0, 0.1) is 31.5 Å². The highest BCUT2D eigenvalue weighted by molar-refractivity contribution is 5.98. The maximum Gasteiger partial charge on any atom is 0.259 e. The highest BCUT2D eigenvalue weighted by Crippen LogP contribution is 2.40. The number of aryl methyl sites for hydroxylation is 2. The summed E-state index contributed by atoms with van der Waals surface area (Å²) in [4.78, 5) is 25.4. The number of halogens is 1. The molecule has 1 saturated heterocycles. The van der Waals surface area contributed by atoms with E-state index >= 15 is 0 Å². The van der Waals surface area contributed by atoms with Crippen LogP contribution < -0.4 is 0 Å². The first-order chi connectivity index (χ1) is 14.5. The Hall–Kier alpha value is -3.42. The smallest absolute Gasteiger partial charge is 0.259 e. The third-order valence-electron chi connectivity index (χ3n) is 5.79. The third kappa shape index (κ3) is 3.18. The van der Waals surface area contributed by atoms with Crippen molar-refractivity contribution in [3.8, 4) is 5.69 Å². The second kappa shape index (κ2) is 7.12. The summed E-state index contributed by atoms with van der Waals surface area (Å²) in [5, 5.41) is 8.11. The number of carbonyl (C=O) groups excluding carboxylic acids is 1. The molecule has 8 heteroatoms. The van der Waals surface area contributed by atoms with Crippen LogP contribution in [0.4, 0.5) is 4.39 Å². The first kappa shape index (κ1) is 18.6. The predicted octanol–water partition coefficient (Wildman–Crippen LogP) is 2.99. The second-order valence-electron chi connectivity index (χ2n) is 7.96. The quantitative estimate of drug-likeness (QED) is 0.671. The average Bonchev–Trinajstić information content (AvgIpc) is 3.43. The molecule has 3 heterocycles. The molecule has 2 aliphatic rings. The van der Waals surface area contributed by atoms with Gasteiger partial charge in [-0.2, -0.15) is 15.0 Å². The number of hydrogen-bond acceptors (Lipinski definition) is 5. The van der Waals surface area contributed by atoms with Gasteiger partial charge in [0.1, 0.15) is 17.1 Å². The number of likely N-dealkylation sites (tertiary alicyclic amines) is 1. The molecular weight excluding hydrogens is 383 g/mol. The molecule has 152 valence electrons. The van der Waals surface area contributed by atoms with E-state index in [1.165, 1.54) is 23.3 Å². The lowest BCUT2D eigenvalue weighted by molar-refractivity contribution is 0.0780. The zero-order valence-electron chi connectivity index (χ0n) is 16.8. The molecule has 0 N–H and O–H groups in total. The number of hydrogen-bond donors (Lipinski definition) is 0. The van der Waals surface area contributed by atoms with Crippen LogP contribution in [0.2, 0.25) is 0 Å². The number of rotatable bonds is 3. The van der Waals surface area contributed by atoms with Crippen molar-refractivity contribution in [3.05, 3.63) is 71.3 Å². The van der Waals surface area contributed by atoms with Gasteiger partial charge in [-0.15, -0.1) is 0 Å². The second-order valence-corrected chi connectivity index (χ2v) is 7.96. The van der Waals surface area contributed by atoms with Gasteiger partial charge in [0.25, 0.3) is 5.91 Å². The molecule has 5 rings (SSSR count). The largest absolute Gasteiger partial charge is 0.338 e. The molecule has 1 aliphatic heterocycles. The number of carbonyl (C=O) groups is 1. The Bertz CT molecular complexity index is 1140. The number of amides is 1. The zero-order chi connectivity index (χ0) is 20.8. The average molecular weight is 404 g/mol. The molecule has 3 aromatic rings.